The lowest BCUT2D eigenvalue weighted by Crippen LogP contribution is -2.32. The maximum Gasteiger partial charge on any atom is 0.255 e. The zero-order valence-electron chi connectivity index (χ0n) is 10.1. The molecule has 0 fully saturated rings. The van der Waals surface area contributed by atoms with E-state index in [1.54, 1.807) is 0 Å². The van der Waals surface area contributed by atoms with Crippen molar-refractivity contribution in [1.29, 1.82) is 0 Å². The van der Waals surface area contributed by atoms with Crippen LogP contribution in [0, 0.1) is 0 Å². The molecule has 0 unspecified atom stereocenters. The topological polar surface area (TPSA) is 87.3 Å². The van der Waals surface area contributed by atoms with Crippen LogP contribution in [0.3, 0.4) is 0 Å². The average Bonchev–Trinajstić information content (AvgIpc) is 2.37. The van der Waals surface area contributed by atoms with Crippen molar-refractivity contribution in [2.24, 2.45) is 5.84 Å². The molecule has 0 bridgehead atoms. The summed E-state index contributed by atoms with van der Waals surface area (Å²) in [6.07, 6.45) is -1.95. The second-order valence-corrected chi connectivity index (χ2v) is 3.59. The number of hydrogen-bond donors (Lipinski definition) is 3. The van der Waals surface area contributed by atoms with Gasteiger partial charge in [0.15, 0.2) is 0 Å². The molecule has 1 aromatic rings. The van der Waals surface area contributed by atoms with Crippen LogP contribution >= 0.6 is 0 Å². The van der Waals surface area contributed by atoms with Gasteiger partial charge in [0.1, 0.15) is 17.5 Å². The van der Waals surface area contributed by atoms with Crippen LogP contribution in [0.25, 0.3) is 0 Å². The van der Waals surface area contributed by atoms with Crippen molar-refractivity contribution in [3.63, 3.8) is 0 Å². The number of aliphatic hydroxyl groups is 1. The van der Waals surface area contributed by atoms with Gasteiger partial charge in [-0.25, -0.2) is 24.6 Å². The number of rotatable bonds is 7. The van der Waals surface area contributed by atoms with Gasteiger partial charge in [-0.3, -0.25) is 0 Å². The molecule has 1 rings (SSSR count). The molecule has 0 spiro atoms. The number of aromatic nitrogens is 2. The first kappa shape index (κ1) is 14.5. The van der Waals surface area contributed by atoms with Crippen molar-refractivity contribution in [2.75, 3.05) is 30.0 Å². The summed E-state index contributed by atoms with van der Waals surface area (Å²) in [6, 6.07) is 1.47. The zero-order chi connectivity index (χ0) is 13.5. The zero-order valence-corrected chi connectivity index (χ0v) is 10.1. The van der Waals surface area contributed by atoms with Gasteiger partial charge >= 0.3 is 0 Å². The van der Waals surface area contributed by atoms with E-state index in [9.17, 15) is 8.78 Å². The molecule has 1 aromatic heterocycles. The van der Waals surface area contributed by atoms with Gasteiger partial charge in [-0.15, -0.1) is 0 Å². The minimum absolute atomic E-state index is 0.0779. The van der Waals surface area contributed by atoms with Crippen molar-refractivity contribution in [3.8, 4) is 0 Å². The highest BCUT2D eigenvalue weighted by atomic mass is 19.3. The number of nitrogens with two attached hydrogens (primary N) is 1. The lowest BCUT2D eigenvalue weighted by atomic mass is 10.4. The highest BCUT2D eigenvalue weighted by Crippen LogP contribution is 2.16. The summed E-state index contributed by atoms with van der Waals surface area (Å²) in [6.45, 7) is 1.20. The molecular formula is C10H17F2N5O. The first-order valence-corrected chi connectivity index (χ1v) is 5.59. The van der Waals surface area contributed by atoms with Crippen LogP contribution in [0.4, 0.5) is 20.4 Å². The summed E-state index contributed by atoms with van der Waals surface area (Å²) in [7, 11) is 0. The Morgan fingerprint density at radius 2 is 2.22 bits per heavy atom. The van der Waals surface area contributed by atoms with E-state index in [-0.39, 0.29) is 13.2 Å². The Balaban J connectivity index is 3.01. The Bertz CT molecular complexity index is 355. The predicted molar refractivity (Wildman–Crippen MR) is 64.5 cm³/mol. The molecule has 0 aliphatic heterocycles. The summed E-state index contributed by atoms with van der Waals surface area (Å²) in [5.41, 5.74) is 2.36. The van der Waals surface area contributed by atoms with Crippen molar-refractivity contribution >= 4 is 11.6 Å². The van der Waals surface area contributed by atoms with Gasteiger partial charge in [-0.05, 0) is 0 Å². The number of alkyl halides is 2. The summed E-state index contributed by atoms with van der Waals surface area (Å²) in [5, 5.41) is 8.89. The summed E-state index contributed by atoms with van der Waals surface area (Å²) < 4.78 is 24.9. The normalized spacial score (nSPS) is 10.8. The maximum absolute atomic E-state index is 12.5. The van der Waals surface area contributed by atoms with Gasteiger partial charge in [0.2, 0.25) is 0 Å². The molecule has 0 aliphatic carbocycles. The predicted octanol–water partition coefficient (Wildman–Crippen LogP) is 0.388. The smallest absolute Gasteiger partial charge is 0.255 e. The molecule has 8 heteroatoms. The number of nitrogen functional groups attached to an aromatic ring is 1. The van der Waals surface area contributed by atoms with Crippen molar-refractivity contribution in [1.82, 2.24) is 9.97 Å². The van der Waals surface area contributed by atoms with Crippen LogP contribution in [-0.4, -0.2) is 41.2 Å². The molecular weight excluding hydrogens is 244 g/mol. The Labute approximate surface area is 104 Å². The van der Waals surface area contributed by atoms with E-state index in [0.717, 1.165) is 0 Å². The molecule has 0 saturated carbocycles. The third-order valence-corrected chi connectivity index (χ3v) is 2.28. The van der Waals surface area contributed by atoms with E-state index in [1.165, 1.54) is 11.0 Å². The molecule has 0 amide bonds. The number of aryl methyl sites for hydroxylation is 1. The van der Waals surface area contributed by atoms with Crippen LogP contribution in [0.15, 0.2) is 6.07 Å². The van der Waals surface area contributed by atoms with Gasteiger partial charge in [0.05, 0.1) is 13.2 Å². The molecule has 102 valence electrons. The van der Waals surface area contributed by atoms with Crippen LogP contribution in [0.5, 0.6) is 0 Å². The van der Waals surface area contributed by atoms with E-state index in [1.807, 2.05) is 6.92 Å². The van der Waals surface area contributed by atoms with E-state index in [0.29, 0.717) is 23.9 Å². The summed E-state index contributed by atoms with van der Waals surface area (Å²) >= 11 is 0. The lowest BCUT2D eigenvalue weighted by molar-refractivity contribution is 0.152. The van der Waals surface area contributed by atoms with Gasteiger partial charge in [-0.2, -0.15) is 0 Å². The number of aliphatic hydroxyl groups excluding tert-OH is 1. The number of nitrogens with one attached hydrogen (secondary N) is 1. The maximum atomic E-state index is 12.5. The number of hydrogen-bond acceptors (Lipinski definition) is 6. The van der Waals surface area contributed by atoms with E-state index >= 15 is 0 Å². The van der Waals surface area contributed by atoms with Crippen LogP contribution in [-0.2, 0) is 6.42 Å². The summed E-state index contributed by atoms with van der Waals surface area (Å²) in [4.78, 5) is 9.51. The quantitative estimate of drug-likeness (QED) is 0.486. The largest absolute Gasteiger partial charge is 0.395 e. The minimum atomic E-state index is -2.51. The van der Waals surface area contributed by atoms with Crippen LogP contribution in [0.2, 0.25) is 0 Å². The second-order valence-electron chi connectivity index (χ2n) is 3.59. The molecule has 0 radical (unpaired) electrons. The molecule has 0 atom stereocenters. The Kier molecular flexibility index (Phi) is 5.66. The third kappa shape index (κ3) is 4.04. The lowest BCUT2D eigenvalue weighted by Gasteiger charge is -2.23. The fraction of sp³-hybridized carbons (Fsp3) is 0.600. The molecule has 6 nitrogen and oxygen atoms in total. The highest BCUT2D eigenvalue weighted by Gasteiger charge is 2.15. The number of halogens is 2. The highest BCUT2D eigenvalue weighted by molar-refractivity contribution is 5.49. The van der Waals surface area contributed by atoms with Gasteiger partial charge < -0.3 is 15.4 Å². The Hall–Kier alpha value is -1.54. The average molecular weight is 261 g/mol. The minimum Gasteiger partial charge on any atom is -0.395 e. The SMILES string of the molecule is CCc1nc(NN)cc(N(CCO)CC(F)F)n1. The monoisotopic (exact) mass is 261 g/mol. The third-order valence-electron chi connectivity index (χ3n) is 2.28. The van der Waals surface area contributed by atoms with Crippen molar-refractivity contribution in [2.45, 2.75) is 19.8 Å². The fourth-order valence-electron chi connectivity index (χ4n) is 1.46. The van der Waals surface area contributed by atoms with Gasteiger partial charge in [0.25, 0.3) is 6.43 Å². The number of anilines is 2. The number of hydrazine groups is 1. The summed E-state index contributed by atoms with van der Waals surface area (Å²) in [5.74, 6) is 6.44. The van der Waals surface area contributed by atoms with Gasteiger partial charge in [-0.1, -0.05) is 6.92 Å². The molecule has 1 heterocycles. The molecule has 0 aromatic carbocycles. The molecule has 0 saturated heterocycles. The van der Waals surface area contributed by atoms with Gasteiger partial charge in [0, 0.05) is 19.0 Å². The standard InChI is InChI=1S/C10H17F2N5O/c1-2-8-14-9(16-13)5-10(15-8)17(3-4-18)6-7(11)12/h5,7,18H,2-4,6,13H2,1H3,(H,14,15,16). The first-order chi connectivity index (χ1) is 8.60. The van der Waals surface area contributed by atoms with Crippen molar-refractivity contribution in [3.05, 3.63) is 11.9 Å². The Morgan fingerprint density at radius 1 is 1.50 bits per heavy atom. The first-order valence-electron chi connectivity index (χ1n) is 5.59. The van der Waals surface area contributed by atoms with Crippen LogP contribution in [0.1, 0.15) is 12.7 Å². The molecule has 4 N–H and O–H groups in total. The van der Waals surface area contributed by atoms with E-state index in [4.69, 9.17) is 10.9 Å². The number of nitrogens with zero attached hydrogens (tertiary/aromatic N) is 3. The van der Waals surface area contributed by atoms with E-state index < -0.39 is 13.0 Å². The van der Waals surface area contributed by atoms with E-state index in [2.05, 4.69) is 15.4 Å². The second kappa shape index (κ2) is 7.02. The molecule has 0 aliphatic rings. The molecule has 18 heavy (non-hydrogen) atoms. The van der Waals surface area contributed by atoms with Crippen LogP contribution < -0.4 is 16.2 Å². The fourth-order valence-corrected chi connectivity index (χ4v) is 1.46. The van der Waals surface area contributed by atoms with Crippen molar-refractivity contribution < 1.29 is 13.9 Å². The Morgan fingerprint density at radius 3 is 2.72 bits per heavy atom.